The van der Waals surface area contributed by atoms with Crippen LogP contribution in [0.3, 0.4) is 0 Å². The molecule has 1 aliphatic carbocycles. The fourth-order valence-electron chi connectivity index (χ4n) is 2.43. The van der Waals surface area contributed by atoms with E-state index in [0.717, 1.165) is 36.4 Å². The molecular formula is C14H8NaO8S2+. The molecule has 0 bridgehead atoms. The van der Waals surface area contributed by atoms with Crippen LogP contribution >= 0.6 is 0 Å². The summed E-state index contributed by atoms with van der Waals surface area (Å²) in [7, 11) is -9.17. The maximum absolute atomic E-state index is 12.5. The Kier molecular flexibility index (Phi) is 5.10. The zero-order valence-electron chi connectivity index (χ0n) is 12.6. The first-order chi connectivity index (χ1) is 11.0. The molecule has 0 atom stereocenters. The number of carbonyl (C=O) groups excluding carboxylic acids is 2. The largest absolute Gasteiger partial charge is 1.00 e. The minimum absolute atomic E-state index is 0. The molecule has 0 aromatic heterocycles. The molecule has 0 aliphatic heterocycles. The Morgan fingerprint density at radius 3 is 1.24 bits per heavy atom. The number of fused-ring (bicyclic) bond motifs is 2. The van der Waals surface area contributed by atoms with Gasteiger partial charge in [-0.25, -0.2) is 0 Å². The predicted octanol–water partition coefficient (Wildman–Crippen LogP) is -2.04. The van der Waals surface area contributed by atoms with Gasteiger partial charge < -0.3 is 0 Å². The maximum Gasteiger partial charge on any atom is 1.00 e. The molecule has 2 N–H and O–H groups in total. The van der Waals surface area contributed by atoms with Crippen molar-refractivity contribution in [3.05, 3.63) is 58.7 Å². The van der Waals surface area contributed by atoms with Crippen LogP contribution in [0, 0.1) is 0 Å². The average Bonchev–Trinajstić information content (AvgIpc) is 2.49. The molecule has 0 radical (unpaired) electrons. The van der Waals surface area contributed by atoms with Crippen LogP contribution in [-0.4, -0.2) is 37.5 Å². The summed E-state index contributed by atoms with van der Waals surface area (Å²) >= 11 is 0. The van der Waals surface area contributed by atoms with Gasteiger partial charge in [-0.2, -0.15) is 16.8 Å². The number of carbonyl (C=O) groups is 2. The monoisotopic (exact) mass is 391 g/mol. The van der Waals surface area contributed by atoms with Gasteiger partial charge in [-0.3, -0.25) is 18.7 Å². The molecule has 2 aromatic carbocycles. The van der Waals surface area contributed by atoms with E-state index in [9.17, 15) is 26.4 Å². The molecule has 0 fully saturated rings. The summed E-state index contributed by atoms with van der Waals surface area (Å²) in [4.78, 5) is 23.8. The van der Waals surface area contributed by atoms with E-state index in [1.54, 1.807) is 0 Å². The molecule has 0 saturated heterocycles. The van der Waals surface area contributed by atoms with Crippen molar-refractivity contribution in [1.82, 2.24) is 0 Å². The molecular weight excluding hydrogens is 383 g/mol. The first-order valence-corrected chi connectivity index (χ1v) is 9.20. The van der Waals surface area contributed by atoms with Crippen molar-refractivity contribution in [2.45, 2.75) is 9.79 Å². The molecule has 8 nitrogen and oxygen atoms in total. The molecule has 1 aliphatic rings. The van der Waals surface area contributed by atoms with E-state index in [-0.39, 0.29) is 51.8 Å². The van der Waals surface area contributed by atoms with Crippen molar-refractivity contribution in [2.24, 2.45) is 0 Å². The third kappa shape index (κ3) is 3.47. The van der Waals surface area contributed by atoms with Crippen molar-refractivity contribution in [3.63, 3.8) is 0 Å². The van der Waals surface area contributed by atoms with Crippen LogP contribution in [0.15, 0.2) is 46.2 Å². The number of hydrogen-bond acceptors (Lipinski definition) is 6. The molecule has 2 aromatic rings. The summed E-state index contributed by atoms with van der Waals surface area (Å²) in [5.41, 5.74) is -0.704. The van der Waals surface area contributed by atoms with Crippen LogP contribution in [0.2, 0.25) is 0 Å². The van der Waals surface area contributed by atoms with E-state index < -0.39 is 41.6 Å². The molecule has 0 heterocycles. The molecule has 0 saturated carbocycles. The standard InChI is InChI=1S/C14H8O8S2.Na/c15-13-9-3-1-7(23(17,18)19)5-11(9)14(16)12-6-8(24(20,21)22)2-4-10(12)13;/h1-6H,(H,17,18,19)(H,20,21,22);/q;+1. The summed E-state index contributed by atoms with van der Waals surface area (Å²) in [6, 6.07) is 5.84. The first kappa shape index (κ1) is 19.9. The topological polar surface area (TPSA) is 143 Å². The fraction of sp³-hybridized carbons (Fsp3) is 0. The molecule has 0 unspecified atom stereocenters. The van der Waals surface area contributed by atoms with Crippen LogP contribution in [0.1, 0.15) is 31.8 Å². The van der Waals surface area contributed by atoms with Crippen LogP contribution in [0.5, 0.6) is 0 Å². The molecule has 124 valence electrons. The number of ketones is 2. The van der Waals surface area contributed by atoms with Crippen LogP contribution in [-0.2, 0) is 20.2 Å². The van der Waals surface area contributed by atoms with Crippen LogP contribution in [0.4, 0.5) is 0 Å². The zero-order valence-corrected chi connectivity index (χ0v) is 16.3. The fourth-order valence-corrected chi connectivity index (χ4v) is 3.44. The van der Waals surface area contributed by atoms with Crippen LogP contribution < -0.4 is 29.6 Å². The Balaban J connectivity index is 0.00000225. The van der Waals surface area contributed by atoms with Gasteiger partial charge in [0.05, 0.1) is 9.79 Å². The Bertz CT molecular complexity index is 1050. The maximum atomic E-state index is 12.5. The van der Waals surface area contributed by atoms with E-state index in [2.05, 4.69) is 0 Å². The summed E-state index contributed by atoms with van der Waals surface area (Å²) in [5.74, 6) is -1.40. The third-order valence-corrected chi connectivity index (χ3v) is 5.26. The quantitative estimate of drug-likeness (QED) is 0.376. The number of benzene rings is 2. The smallest absolute Gasteiger partial charge is 0.289 e. The Morgan fingerprint density at radius 2 is 0.920 bits per heavy atom. The molecule has 11 heteroatoms. The SMILES string of the molecule is O=C1c2ccc(S(=O)(=O)O)cc2C(=O)c2cc(S(=O)(=O)O)ccc21.[Na+]. The van der Waals surface area contributed by atoms with Crippen molar-refractivity contribution >= 4 is 31.8 Å². The first-order valence-electron chi connectivity index (χ1n) is 6.32. The second-order valence-electron chi connectivity index (χ2n) is 5.02. The average molecular weight is 391 g/mol. The molecule has 25 heavy (non-hydrogen) atoms. The van der Waals surface area contributed by atoms with E-state index in [1.807, 2.05) is 0 Å². The normalized spacial score (nSPS) is 13.7. The van der Waals surface area contributed by atoms with Gasteiger partial charge in [0.2, 0.25) is 0 Å². The molecule has 0 spiro atoms. The van der Waals surface area contributed by atoms with E-state index >= 15 is 0 Å². The van der Waals surface area contributed by atoms with Gasteiger partial charge in [-0.1, -0.05) is 0 Å². The number of hydrogen-bond donors (Lipinski definition) is 2. The van der Waals surface area contributed by atoms with Gasteiger partial charge in [0.1, 0.15) is 0 Å². The zero-order chi connectivity index (χ0) is 17.9. The van der Waals surface area contributed by atoms with E-state index in [1.165, 1.54) is 0 Å². The van der Waals surface area contributed by atoms with Gasteiger partial charge in [0.25, 0.3) is 20.2 Å². The second-order valence-corrected chi connectivity index (χ2v) is 7.87. The minimum Gasteiger partial charge on any atom is -0.289 e. The van der Waals surface area contributed by atoms with Gasteiger partial charge in [0, 0.05) is 22.3 Å². The van der Waals surface area contributed by atoms with Gasteiger partial charge >= 0.3 is 29.6 Å². The van der Waals surface area contributed by atoms with E-state index in [0.29, 0.717) is 0 Å². The Labute approximate surface area is 164 Å². The third-order valence-electron chi connectivity index (χ3n) is 3.56. The van der Waals surface area contributed by atoms with Crippen molar-refractivity contribution < 1.29 is 65.1 Å². The summed E-state index contributed by atoms with van der Waals surface area (Å²) in [5, 5.41) is 0. The summed E-state index contributed by atoms with van der Waals surface area (Å²) in [6.07, 6.45) is 0. The van der Waals surface area contributed by atoms with Crippen molar-refractivity contribution in [3.8, 4) is 0 Å². The van der Waals surface area contributed by atoms with Crippen LogP contribution in [0.25, 0.3) is 0 Å². The molecule has 0 amide bonds. The summed E-state index contributed by atoms with van der Waals surface area (Å²) < 4.78 is 62.8. The van der Waals surface area contributed by atoms with E-state index in [4.69, 9.17) is 9.11 Å². The minimum atomic E-state index is -4.59. The van der Waals surface area contributed by atoms with Gasteiger partial charge in [-0.15, -0.1) is 0 Å². The molecule has 3 rings (SSSR count). The summed E-state index contributed by atoms with van der Waals surface area (Å²) in [6.45, 7) is 0. The number of rotatable bonds is 2. The second kappa shape index (κ2) is 6.40. The predicted molar refractivity (Wildman–Crippen MR) is 79.4 cm³/mol. The van der Waals surface area contributed by atoms with Gasteiger partial charge in [-0.05, 0) is 36.4 Å². The van der Waals surface area contributed by atoms with Crippen molar-refractivity contribution in [2.75, 3.05) is 0 Å². The Hall–Kier alpha value is -1.40. The van der Waals surface area contributed by atoms with Gasteiger partial charge in [0.15, 0.2) is 11.6 Å². The Morgan fingerprint density at radius 1 is 0.600 bits per heavy atom. The van der Waals surface area contributed by atoms with Crippen molar-refractivity contribution in [1.29, 1.82) is 0 Å².